The summed E-state index contributed by atoms with van der Waals surface area (Å²) >= 11 is 1.35. The number of thiophene rings is 1. The number of hydrogen-bond acceptors (Lipinski definition) is 4. The van der Waals surface area contributed by atoms with E-state index >= 15 is 0 Å². The van der Waals surface area contributed by atoms with Gasteiger partial charge in [0.1, 0.15) is 0 Å². The standard InChI is InChI=1S/C12H14N2O2S2/c1-9-4-2-3-5-12(9)14-18(15,16)11-6-10(7-13)17-8-11/h2-6,8,14H,7,13H2,1H3. The van der Waals surface area contributed by atoms with Gasteiger partial charge >= 0.3 is 0 Å². The molecule has 18 heavy (non-hydrogen) atoms. The molecule has 0 amide bonds. The van der Waals surface area contributed by atoms with Crippen molar-refractivity contribution in [3.05, 3.63) is 46.2 Å². The first-order valence-electron chi connectivity index (χ1n) is 5.39. The minimum atomic E-state index is -3.52. The molecular formula is C12H14N2O2S2. The van der Waals surface area contributed by atoms with Crippen LogP contribution in [0.1, 0.15) is 10.4 Å². The highest BCUT2D eigenvalue weighted by Crippen LogP contribution is 2.23. The molecule has 0 atom stereocenters. The van der Waals surface area contributed by atoms with Gasteiger partial charge in [0.15, 0.2) is 0 Å². The Labute approximate surface area is 111 Å². The number of rotatable bonds is 4. The third-order valence-electron chi connectivity index (χ3n) is 2.53. The Kier molecular flexibility index (Phi) is 3.70. The zero-order valence-corrected chi connectivity index (χ0v) is 11.5. The fraction of sp³-hybridized carbons (Fsp3) is 0.167. The first-order valence-corrected chi connectivity index (χ1v) is 7.75. The van der Waals surface area contributed by atoms with Crippen molar-refractivity contribution in [1.82, 2.24) is 0 Å². The van der Waals surface area contributed by atoms with Crippen LogP contribution in [0.2, 0.25) is 0 Å². The molecule has 1 heterocycles. The summed E-state index contributed by atoms with van der Waals surface area (Å²) in [7, 11) is -3.52. The first kappa shape index (κ1) is 13.1. The number of para-hydroxylation sites is 1. The molecule has 1 aromatic heterocycles. The number of nitrogens with one attached hydrogen (secondary N) is 1. The number of nitrogens with two attached hydrogens (primary N) is 1. The summed E-state index contributed by atoms with van der Waals surface area (Å²) in [5.74, 6) is 0. The molecule has 0 saturated heterocycles. The van der Waals surface area contributed by atoms with Crippen LogP contribution in [0.4, 0.5) is 5.69 Å². The number of anilines is 1. The van der Waals surface area contributed by atoms with Gasteiger partial charge in [-0.25, -0.2) is 8.42 Å². The van der Waals surface area contributed by atoms with Crippen LogP contribution in [0.3, 0.4) is 0 Å². The lowest BCUT2D eigenvalue weighted by Crippen LogP contribution is -2.12. The van der Waals surface area contributed by atoms with Crippen molar-refractivity contribution in [2.45, 2.75) is 18.4 Å². The Morgan fingerprint density at radius 2 is 2.06 bits per heavy atom. The van der Waals surface area contributed by atoms with Gasteiger partial charge in [-0.15, -0.1) is 11.3 Å². The lowest BCUT2D eigenvalue weighted by molar-refractivity contribution is 0.601. The number of aryl methyl sites for hydroxylation is 1. The summed E-state index contributed by atoms with van der Waals surface area (Å²) in [5, 5.41) is 1.60. The smallest absolute Gasteiger partial charge is 0.262 e. The van der Waals surface area contributed by atoms with E-state index in [1.54, 1.807) is 23.6 Å². The predicted octanol–water partition coefficient (Wildman–Crippen LogP) is 2.32. The van der Waals surface area contributed by atoms with Gasteiger partial charge in [-0.1, -0.05) is 18.2 Å². The zero-order valence-electron chi connectivity index (χ0n) is 9.88. The molecule has 0 aliphatic heterocycles. The van der Waals surface area contributed by atoms with Crippen LogP contribution < -0.4 is 10.5 Å². The predicted molar refractivity (Wildman–Crippen MR) is 74.2 cm³/mol. The van der Waals surface area contributed by atoms with E-state index in [-0.39, 0.29) is 4.90 Å². The van der Waals surface area contributed by atoms with Gasteiger partial charge in [0.05, 0.1) is 10.6 Å². The van der Waals surface area contributed by atoms with Crippen molar-refractivity contribution >= 4 is 27.0 Å². The summed E-state index contributed by atoms with van der Waals surface area (Å²) < 4.78 is 26.9. The Morgan fingerprint density at radius 1 is 1.33 bits per heavy atom. The van der Waals surface area contributed by atoms with Gasteiger partial charge in [-0.3, -0.25) is 4.72 Å². The fourth-order valence-corrected chi connectivity index (χ4v) is 3.79. The number of hydrogen-bond donors (Lipinski definition) is 2. The summed E-state index contributed by atoms with van der Waals surface area (Å²) in [5.41, 5.74) is 6.96. The first-order chi connectivity index (χ1) is 8.53. The monoisotopic (exact) mass is 282 g/mol. The zero-order chi connectivity index (χ0) is 13.2. The van der Waals surface area contributed by atoms with Gasteiger partial charge in [-0.05, 0) is 24.6 Å². The Hall–Kier alpha value is -1.37. The Balaban J connectivity index is 2.30. The molecule has 0 unspecified atom stereocenters. The molecule has 3 N–H and O–H groups in total. The van der Waals surface area contributed by atoms with Crippen LogP contribution >= 0.6 is 11.3 Å². The molecule has 0 fully saturated rings. The normalized spacial score (nSPS) is 11.4. The van der Waals surface area contributed by atoms with E-state index in [9.17, 15) is 8.42 Å². The van der Waals surface area contributed by atoms with Gasteiger partial charge in [0, 0.05) is 16.8 Å². The van der Waals surface area contributed by atoms with Crippen molar-refractivity contribution < 1.29 is 8.42 Å². The van der Waals surface area contributed by atoms with Gasteiger partial charge in [0.2, 0.25) is 0 Å². The van der Waals surface area contributed by atoms with Gasteiger partial charge in [-0.2, -0.15) is 0 Å². The highest BCUT2D eigenvalue weighted by Gasteiger charge is 2.16. The van der Waals surface area contributed by atoms with Crippen LogP contribution in [-0.2, 0) is 16.6 Å². The molecule has 96 valence electrons. The molecule has 0 aliphatic rings. The van der Waals surface area contributed by atoms with E-state index < -0.39 is 10.0 Å². The minimum Gasteiger partial charge on any atom is -0.326 e. The molecule has 0 aliphatic carbocycles. The molecule has 1 aromatic carbocycles. The largest absolute Gasteiger partial charge is 0.326 e. The summed E-state index contributed by atoms with van der Waals surface area (Å²) in [6.45, 7) is 2.21. The third-order valence-corrected chi connectivity index (χ3v) is 4.98. The quantitative estimate of drug-likeness (QED) is 0.904. The van der Waals surface area contributed by atoms with Gasteiger partial charge in [0.25, 0.3) is 10.0 Å². The maximum absolute atomic E-state index is 12.1. The van der Waals surface area contributed by atoms with E-state index in [2.05, 4.69) is 4.72 Å². The lowest BCUT2D eigenvalue weighted by atomic mass is 10.2. The van der Waals surface area contributed by atoms with Crippen LogP contribution in [0, 0.1) is 6.92 Å². The number of sulfonamides is 1. The molecule has 6 heteroatoms. The minimum absolute atomic E-state index is 0.260. The summed E-state index contributed by atoms with van der Waals surface area (Å²) in [4.78, 5) is 1.11. The second-order valence-corrected chi connectivity index (χ2v) is 6.55. The highest BCUT2D eigenvalue weighted by atomic mass is 32.2. The summed E-state index contributed by atoms with van der Waals surface area (Å²) in [6.07, 6.45) is 0. The molecular weight excluding hydrogens is 268 g/mol. The van der Waals surface area contributed by atoms with Crippen molar-refractivity contribution in [2.24, 2.45) is 5.73 Å². The Morgan fingerprint density at radius 3 is 2.67 bits per heavy atom. The maximum Gasteiger partial charge on any atom is 0.262 e. The molecule has 0 bridgehead atoms. The maximum atomic E-state index is 12.1. The van der Waals surface area contributed by atoms with Crippen LogP contribution in [-0.4, -0.2) is 8.42 Å². The highest BCUT2D eigenvalue weighted by molar-refractivity contribution is 7.92. The topological polar surface area (TPSA) is 72.2 Å². The fourth-order valence-electron chi connectivity index (χ4n) is 1.50. The molecule has 2 aromatic rings. The van der Waals surface area contributed by atoms with Crippen LogP contribution in [0.15, 0.2) is 40.6 Å². The third kappa shape index (κ3) is 2.72. The van der Waals surface area contributed by atoms with Crippen molar-refractivity contribution in [1.29, 1.82) is 0 Å². The second kappa shape index (κ2) is 5.09. The second-order valence-electron chi connectivity index (χ2n) is 3.87. The van der Waals surface area contributed by atoms with Crippen molar-refractivity contribution in [2.75, 3.05) is 4.72 Å². The number of benzene rings is 1. The average Bonchev–Trinajstić information content (AvgIpc) is 2.81. The van der Waals surface area contributed by atoms with Crippen molar-refractivity contribution in [3.8, 4) is 0 Å². The molecule has 2 rings (SSSR count). The summed E-state index contributed by atoms with van der Waals surface area (Å²) in [6, 6.07) is 8.86. The van der Waals surface area contributed by atoms with E-state index in [1.165, 1.54) is 11.3 Å². The van der Waals surface area contributed by atoms with Crippen molar-refractivity contribution in [3.63, 3.8) is 0 Å². The van der Waals surface area contributed by atoms with E-state index in [4.69, 9.17) is 5.73 Å². The van der Waals surface area contributed by atoms with Crippen LogP contribution in [0.5, 0.6) is 0 Å². The molecule has 0 spiro atoms. The van der Waals surface area contributed by atoms with E-state index in [0.29, 0.717) is 12.2 Å². The lowest BCUT2D eigenvalue weighted by Gasteiger charge is -2.08. The SMILES string of the molecule is Cc1ccccc1NS(=O)(=O)c1csc(CN)c1. The van der Waals surface area contributed by atoms with Gasteiger partial charge < -0.3 is 5.73 Å². The van der Waals surface area contributed by atoms with E-state index in [1.807, 2.05) is 19.1 Å². The molecule has 0 saturated carbocycles. The molecule has 4 nitrogen and oxygen atoms in total. The Bertz CT molecular complexity index is 648. The molecule has 0 radical (unpaired) electrons. The van der Waals surface area contributed by atoms with E-state index in [0.717, 1.165) is 10.4 Å². The average molecular weight is 282 g/mol. The van der Waals surface area contributed by atoms with Crippen LogP contribution in [0.25, 0.3) is 0 Å².